The smallest absolute Gasteiger partial charge is 0.331 e. The van der Waals surface area contributed by atoms with Crippen LogP contribution < -0.4 is 5.73 Å². The fraction of sp³-hybridized carbons (Fsp3) is 0.560. The lowest BCUT2D eigenvalue weighted by molar-refractivity contribution is -0.141. The second-order valence-corrected chi connectivity index (χ2v) is 14.9. The molecule has 4 unspecified atom stereocenters. The first-order valence-corrected chi connectivity index (χ1v) is 17.9. The van der Waals surface area contributed by atoms with Crippen molar-refractivity contribution in [3.63, 3.8) is 0 Å². The van der Waals surface area contributed by atoms with E-state index in [-0.39, 0.29) is 32.7 Å². The largest absolute Gasteiger partial charge is 0.455 e. The molecule has 198 valence electrons. The molecule has 6 nitrogen and oxygen atoms in total. The molecule has 0 saturated heterocycles. The van der Waals surface area contributed by atoms with Gasteiger partial charge in [0.05, 0.1) is 18.3 Å². The summed E-state index contributed by atoms with van der Waals surface area (Å²) < 4.78 is 23.3. The van der Waals surface area contributed by atoms with Crippen molar-refractivity contribution in [1.29, 1.82) is 0 Å². The summed E-state index contributed by atoms with van der Waals surface area (Å²) in [4.78, 5) is 11.7. The molecule has 1 aliphatic rings. The van der Waals surface area contributed by atoms with E-state index in [2.05, 4.69) is 46.1 Å². The lowest BCUT2D eigenvalue weighted by Crippen LogP contribution is -2.55. The van der Waals surface area contributed by atoms with Crippen molar-refractivity contribution in [2.45, 2.75) is 82.5 Å². The highest BCUT2D eigenvalue weighted by Crippen LogP contribution is 2.34. The van der Waals surface area contributed by atoms with E-state index in [9.17, 15) is 4.79 Å². The molecular formula is C25H44NO5P3Si. The number of carbonyl (C=O) groups is 1. The van der Waals surface area contributed by atoms with Crippen molar-refractivity contribution < 1.29 is 23.0 Å². The minimum atomic E-state index is -1.98. The third-order valence-corrected chi connectivity index (χ3v) is 12.1. The summed E-state index contributed by atoms with van der Waals surface area (Å²) in [6.07, 6.45) is 19.8. The molecule has 0 radical (unpaired) electrons. The Bertz CT molecular complexity index is 762. The van der Waals surface area contributed by atoms with Gasteiger partial charge in [-0.2, -0.15) is 0 Å². The van der Waals surface area contributed by atoms with E-state index in [4.69, 9.17) is 23.9 Å². The molecule has 0 saturated carbocycles. The molecule has 0 bridgehead atoms. The number of esters is 1. The summed E-state index contributed by atoms with van der Waals surface area (Å²) in [7, 11) is 3.14. The van der Waals surface area contributed by atoms with Crippen LogP contribution in [0.25, 0.3) is 0 Å². The van der Waals surface area contributed by atoms with Crippen LogP contribution in [0, 0.1) is 0 Å². The van der Waals surface area contributed by atoms with Crippen molar-refractivity contribution in [1.82, 2.24) is 0 Å². The average molecular weight is 560 g/mol. The van der Waals surface area contributed by atoms with E-state index >= 15 is 0 Å². The summed E-state index contributed by atoms with van der Waals surface area (Å²) in [6, 6.07) is 2.74. The highest BCUT2D eigenvalue weighted by atomic mass is 32.0. The normalized spacial score (nSPS) is 21.1. The SMILES string of the molecule is CC[Si](CC)(CC)O[C@](C)(/C=C/[C@H]1CC=CC(=O)O1)C(N)C[C@H](\C=C/C=C\C=C\COP)OPP. The van der Waals surface area contributed by atoms with E-state index in [0.717, 1.165) is 18.1 Å². The summed E-state index contributed by atoms with van der Waals surface area (Å²) in [5, 5.41) is 0. The molecule has 0 spiro atoms. The summed E-state index contributed by atoms with van der Waals surface area (Å²) in [6.45, 7) is 9.23. The van der Waals surface area contributed by atoms with Gasteiger partial charge >= 0.3 is 5.97 Å². The van der Waals surface area contributed by atoms with Crippen LogP contribution in [0.4, 0.5) is 0 Å². The van der Waals surface area contributed by atoms with Crippen molar-refractivity contribution in [2.24, 2.45) is 5.73 Å². The topological polar surface area (TPSA) is 80.0 Å². The second kappa shape index (κ2) is 17.9. The minimum absolute atomic E-state index is 0.155. The third kappa shape index (κ3) is 12.1. The van der Waals surface area contributed by atoms with Gasteiger partial charge in [-0.3, -0.25) is 0 Å². The zero-order valence-corrected chi connectivity index (χ0v) is 25.8. The summed E-state index contributed by atoms with van der Waals surface area (Å²) >= 11 is 0. The number of rotatable bonds is 17. The van der Waals surface area contributed by atoms with E-state index in [1.165, 1.54) is 6.08 Å². The van der Waals surface area contributed by atoms with Gasteiger partial charge in [0.15, 0.2) is 8.32 Å². The van der Waals surface area contributed by atoms with E-state index in [1.807, 2.05) is 54.7 Å². The molecule has 0 aliphatic carbocycles. The van der Waals surface area contributed by atoms with E-state index in [0.29, 0.717) is 19.4 Å². The number of allylic oxidation sites excluding steroid dienone is 4. The monoisotopic (exact) mass is 559 g/mol. The number of hydrogen-bond acceptors (Lipinski definition) is 6. The molecule has 7 atom stereocenters. The van der Waals surface area contributed by atoms with Gasteiger partial charge in [-0.15, -0.1) is 0 Å². The van der Waals surface area contributed by atoms with Gasteiger partial charge in [-0.25, -0.2) is 4.79 Å². The molecule has 1 heterocycles. The molecule has 0 fully saturated rings. The van der Waals surface area contributed by atoms with Crippen LogP contribution in [-0.4, -0.2) is 44.7 Å². The Kier molecular flexibility index (Phi) is 16.6. The molecule has 35 heavy (non-hydrogen) atoms. The molecule has 1 rings (SSSR count). The second-order valence-electron chi connectivity index (χ2n) is 8.65. The van der Waals surface area contributed by atoms with Crippen molar-refractivity contribution in [3.05, 3.63) is 60.8 Å². The maximum Gasteiger partial charge on any atom is 0.331 e. The predicted molar refractivity (Wildman–Crippen MR) is 158 cm³/mol. The van der Waals surface area contributed by atoms with Gasteiger partial charge in [-0.1, -0.05) is 78.3 Å². The van der Waals surface area contributed by atoms with Gasteiger partial charge in [0.25, 0.3) is 0 Å². The lowest BCUT2D eigenvalue weighted by Gasteiger charge is -2.43. The van der Waals surface area contributed by atoms with Gasteiger partial charge in [-0.05, 0) is 37.6 Å². The first-order chi connectivity index (χ1) is 16.8. The van der Waals surface area contributed by atoms with Crippen LogP contribution in [0.2, 0.25) is 18.1 Å². The van der Waals surface area contributed by atoms with E-state index in [1.54, 1.807) is 0 Å². The Morgan fingerprint density at radius 1 is 1.26 bits per heavy atom. The van der Waals surface area contributed by atoms with Crippen molar-refractivity contribution in [2.75, 3.05) is 6.61 Å². The van der Waals surface area contributed by atoms with Crippen molar-refractivity contribution in [3.8, 4) is 0 Å². The van der Waals surface area contributed by atoms with Crippen LogP contribution >= 0.6 is 26.9 Å². The maximum atomic E-state index is 11.7. The van der Waals surface area contributed by atoms with Crippen LogP contribution in [0.5, 0.6) is 0 Å². The standard InChI is InChI=1S/C25H44NO5P3Si/c1-5-35(6-2,7-3)31-25(4,18-17-21-15-13-16-24(27)29-21)23(26)20-22(30-34-33)14-11-9-8-10-12-19-28-32/h8-14,16-18,21-23,34H,5-7,15,19-20,26,32-33H2,1-4H3/b9-8-,12-10+,14-11-,18-17+/t21-,22+,23?,25-/m1/s1. The molecule has 10 heteroatoms. The summed E-state index contributed by atoms with van der Waals surface area (Å²) in [5.74, 6) is -0.318. The maximum absolute atomic E-state index is 11.7. The van der Waals surface area contributed by atoms with Crippen LogP contribution in [0.1, 0.15) is 40.5 Å². The lowest BCUT2D eigenvalue weighted by atomic mass is 9.91. The molecule has 0 aromatic heterocycles. The predicted octanol–water partition coefficient (Wildman–Crippen LogP) is 6.16. The fourth-order valence-electron chi connectivity index (χ4n) is 3.86. The van der Waals surface area contributed by atoms with Gasteiger partial charge in [0.2, 0.25) is 0 Å². The zero-order chi connectivity index (χ0) is 26.2. The van der Waals surface area contributed by atoms with Crippen LogP contribution in [-0.2, 0) is 23.0 Å². The van der Waals surface area contributed by atoms with Gasteiger partial charge < -0.3 is 23.9 Å². The summed E-state index contributed by atoms with van der Waals surface area (Å²) in [5.41, 5.74) is 6.13. The number of nitrogens with two attached hydrogens (primary N) is 1. The average Bonchev–Trinajstić information content (AvgIpc) is 2.85. The number of ether oxygens (including phenoxy) is 1. The number of carbonyl (C=O) groups excluding carboxylic acids is 1. The van der Waals surface area contributed by atoms with Crippen LogP contribution in [0.3, 0.4) is 0 Å². The Morgan fingerprint density at radius 3 is 2.54 bits per heavy atom. The zero-order valence-electron chi connectivity index (χ0n) is 21.5. The fourth-order valence-corrected chi connectivity index (χ4v) is 7.93. The quantitative estimate of drug-likeness (QED) is 0.0757. The van der Waals surface area contributed by atoms with Gasteiger partial charge in [0.1, 0.15) is 6.10 Å². The van der Waals surface area contributed by atoms with Gasteiger partial charge in [0, 0.05) is 36.5 Å². The Balaban J connectivity index is 3.09. The Hall–Kier alpha value is -0.483. The Morgan fingerprint density at radius 2 is 1.94 bits per heavy atom. The highest BCUT2D eigenvalue weighted by molar-refractivity contribution is 8.00. The molecular weight excluding hydrogens is 515 g/mol. The first kappa shape index (κ1) is 32.5. The third-order valence-electron chi connectivity index (χ3n) is 6.33. The molecule has 2 N–H and O–H groups in total. The van der Waals surface area contributed by atoms with Crippen LogP contribution in [0.15, 0.2) is 60.8 Å². The number of cyclic esters (lactones) is 1. The van der Waals surface area contributed by atoms with Crippen molar-refractivity contribution >= 4 is 41.2 Å². The molecule has 1 aliphatic heterocycles. The molecule has 0 amide bonds. The highest BCUT2D eigenvalue weighted by Gasteiger charge is 2.41. The minimum Gasteiger partial charge on any atom is -0.455 e. The Labute approximate surface area is 219 Å². The first-order valence-electron chi connectivity index (χ1n) is 12.2. The van der Waals surface area contributed by atoms with E-state index < -0.39 is 13.9 Å². The molecule has 0 aromatic carbocycles. The number of hydrogen-bond donors (Lipinski definition) is 1. The molecule has 0 aromatic rings.